The maximum absolute atomic E-state index is 5.70. The van der Waals surface area contributed by atoms with Gasteiger partial charge >= 0.3 is 0 Å². The van der Waals surface area contributed by atoms with Crippen molar-refractivity contribution in [2.24, 2.45) is 0 Å². The zero-order valence-electron chi connectivity index (χ0n) is 44.5. The normalized spacial score (nSPS) is 11.1. The molecule has 0 radical (unpaired) electrons. The fourth-order valence-electron chi connectivity index (χ4n) is 11.8. The fourth-order valence-corrected chi connectivity index (χ4v) is 11.8. The highest BCUT2D eigenvalue weighted by Crippen LogP contribution is 2.55. The molecule has 0 bridgehead atoms. The van der Waals surface area contributed by atoms with E-state index in [9.17, 15) is 0 Å². The highest BCUT2D eigenvalue weighted by atomic mass is 16.5. The van der Waals surface area contributed by atoms with Crippen molar-refractivity contribution in [2.45, 2.75) is 0 Å². The maximum atomic E-state index is 5.70. The van der Waals surface area contributed by atoms with Gasteiger partial charge in [-0.2, -0.15) is 0 Å². The van der Waals surface area contributed by atoms with E-state index in [1.807, 2.05) is 0 Å². The third kappa shape index (κ3) is 9.53. The molecule has 0 aliphatic rings. The van der Waals surface area contributed by atoms with Gasteiger partial charge in [0.15, 0.2) is 0 Å². The Morgan fingerprint density at radius 2 is 0.425 bits per heavy atom. The van der Waals surface area contributed by atoms with E-state index in [4.69, 9.17) is 4.74 Å². The van der Waals surface area contributed by atoms with Crippen LogP contribution in [0.2, 0.25) is 0 Å². The fraction of sp³-hybridized carbons (Fsp3) is 0.0127. The molecule has 0 saturated heterocycles. The predicted octanol–water partition coefficient (Wildman–Crippen LogP) is 21.7. The van der Waals surface area contributed by atoms with Crippen LogP contribution >= 0.6 is 0 Å². The summed E-state index contributed by atoms with van der Waals surface area (Å²) in [7, 11) is 1.72. The lowest BCUT2D eigenvalue weighted by Crippen LogP contribution is -2.00. The number of benzene rings is 13. The molecule has 80 heavy (non-hydrogen) atoms. The first-order chi connectivity index (χ1) is 39.7. The van der Waals surface area contributed by atoms with E-state index >= 15 is 0 Å². The monoisotopic (exact) mass is 1020 g/mol. The summed E-state index contributed by atoms with van der Waals surface area (Å²) in [5.74, 6) is 0.819. The topological polar surface area (TPSA) is 9.23 Å². The maximum Gasteiger partial charge on any atom is 0.118 e. The van der Waals surface area contributed by atoms with Gasteiger partial charge in [0, 0.05) is 0 Å². The van der Waals surface area contributed by atoms with Crippen molar-refractivity contribution in [3.8, 4) is 139 Å². The molecule has 0 aromatic heterocycles. The standard InChI is InChI=1S/C79H56O/c1-80-65-49-46-55(47-50-65)64-48-51-68(71(52-64)73-54-70(57-30-12-3-13-31-57)75(59-34-16-5-17-35-59)79(63-42-24-9-25-43-63)77(73)61-38-20-7-21-39-61)66-44-26-27-45-67(66)72-53-69(56-28-10-2-11-29-56)74(58-32-14-4-15-33-58)78(62-40-22-8-23-41-62)76(72)60-36-18-6-19-37-60/h2-54H,1H3. The molecule has 0 aliphatic carbocycles. The number of rotatable bonds is 13. The lowest BCUT2D eigenvalue weighted by atomic mass is 9.76. The van der Waals surface area contributed by atoms with Gasteiger partial charge in [-0.25, -0.2) is 0 Å². The molecular formula is C79H56O. The van der Waals surface area contributed by atoms with Gasteiger partial charge in [-0.3, -0.25) is 0 Å². The zero-order valence-corrected chi connectivity index (χ0v) is 44.5. The van der Waals surface area contributed by atoms with E-state index in [1.54, 1.807) is 7.11 Å². The third-order valence-electron chi connectivity index (χ3n) is 15.4. The van der Waals surface area contributed by atoms with Gasteiger partial charge in [-0.05, 0) is 164 Å². The molecule has 13 aromatic carbocycles. The molecule has 0 amide bonds. The minimum absolute atomic E-state index is 0.819. The summed E-state index contributed by atoms with van der Waals surface area (Å²) in [5.41, 5.74) is 27.6. The lowest BCUT2D eigenvalue weighted by molar-refractivity contribution is 0.415. The van der Waals surface area contributed by atoms with E-state index in [0.717, 1.165) is 111 Å². The van der Waals surface area contributed by atoms with Gasteiger partial charge in [-0.1, -0.05) is 291 Å². The Morgan fingerprint density at radius 3 is 0.775 bits per heavy atom. The van der Waals surface area contributed by atoms with E-state index in [1.165, 1.54) is 27.8 Å². The molecule has 0 spiro atoms. The second kappa shape index (κ2) is 22.3. The number of methoxy groups -OCH3 is 1. The Labute approximate surface area is 470 Å². The zero-order chi connectivity index (χ0) is 53.6. The highest BCUT2D eigenvalue weighted by Gasteiger charge is 2.28. The van der Waals surface area contributed by atoms with Gasteiger partial charge in [0.1, 0.15) is 5.75 Å². The van der Waals surface area contributed by atoms with Crippen molar-refractivity contribution in [2.75, 3.05) is 7.11 Å². The molecule has 13 aromatic rings. The molecule has 0 heterocycles. The quantitative estimate of drug-likeness (QED) is 0.112. The molecule has 1 heteroatoms. The van der Waals surface area contributed by atoms with Crippen molar-refractivity contribution >= 4 is 0 Å². The molecule has 0 atom stereocenters. The first-order valence-corrected chi connectivity index (χ1v) is 27.4. The van der Waals surface area contributed by atoms with Crippen LogP contribution in [0.25, 0.3) is 134 Å². The summed E-state index contributed by atoms with van der Waals surface area (Å²) in [4.78, 5) is 0. The number of hydrogen-bond donors (Lipinski definition) is 0. The van der Waals surface area contributed by atoms with Crippen molar-refractivity contribution in [1.82, 2.24) is 0 Å². The van der Waals surface area contributed by atoms with E-state index < -0.39 is 0 Å². The van der Waals surface area contributed by atoms with Crippen molar-refractivity contribution in [3.63, 3.8) is 0 Å². The lowest BCUT2D eigenvalue weighted by Gasteiger charge is -2.27. The van der Waals surface area contributed by atoms with Crippen molar-refractivity contribution < 1.29 is 4.74 Å². The van der Waals surface area contributed by atoms with Crippen LogP contribution in [0.15, 0.2) is 322 Å². The summed E-state index contributed by atoms with van der Waals surface area (Å²) in [6, 6.07) is 117. The Balaban J connectivity index is 1.19. The third-order valence-corrected chi connectivity index (χ3v) is 15.4. The van der Waals surface area contributed by atoms with Crippen molar-refractivity contribution in [1.29, 1.82) is 0 Å². The molecule has 0 saturated carbocycles. The van der Waals surface area contributed by atoms with Crippen LogP contribution in [-0.2, 0) is 0 Å². The molecular weight excluding hydrogens is 965 g/mol. The number of hydrogen-bond acceptors (Lipinski definition) is 1. The van der Waals surface area contributed by atoms with Crippen LogP contribution in [-0.4, -0.2) is 7.11 Å². The largest absolute Gasteiger partial charge is 0.497 e. The molecule has 0 N–H and O–H groups in total. The van der Waals surface area contributed by atoms with Gasteiger partial charge in [-0.15, -0.1) is 0 Å². The smallest absolute Gasteiger partial charge is 0.118 e. The molecule has 0 unspecified atom stereocenters. The van der Waals surface area contributed by atoms with Gasteiger partial charge in [0.25, 0.3) is 0 Å². The van der Waals surface area contributed by atoms with Crippen LogP contribution in [0.1, 0.15) is 0 Å². The summed E-state index contributed by atoms with van der Waals surface area (Å²) in [5, 5.41) is 0. The van der Waals surface area contributed by atoms with E-state index in [-0.39, 0.29) is 0 Å². The summed E-state index contributed by atoms with van der Waals surface area (Å²) in [6.07, 6.45) is 0. The van der Waals surface area contributed by atoms with Crippen molar-refractivity contribution in [3.05, 3.63) is 322 Å². The van der Waals surface area contributed by atoms with E-state index in [2.05, 4.69) is 322 Å². The predicted molar refractivity (Wildman–Crippen MR) is 338 cm³/mol. The van der Waals surface area contributed by atoms with Gasteiger partial charge in [0.2, 0.25) is 0 Å². The SMILES string of the molecule is COc1ccc(-c2ccc(-c3ccccc3-c3cc(-c4ccccc4)c(-c4ccccc4)c(-c4ccccc4)c3-c3ccccc3)c(-c3cc(-c4ccccc4)c(-c4ccccc4)c(-c4ccccc4)c3-c3ccccc3)c2)cc1. The molecule has 0 fully saturated rings. The Morgan fingerprint density at radius 1 is 0.163 bits per heavy atom. The van der Waals surface area contributed by atoms with Crippen LogP contribution in [0.3, 0.4) is 0 Å². The van der Waals surface area contributed by atoms with Gasteiger partial charge in [0.05, 0.1) is 7.11 Å². The molecule has 1 nitrogen and oxygen atoms in total. The molecule has 378 valence electrons. The van der Waals surface area contributed by atoms with E-state index in [0.29, 0.717) is 0 Å². The highest BCUT2D eigenvalue weighted by molar-refractivity contribution is 6.12. The Bertz CT molecular complexity index is 4240. The summed E-state index contributed by atoms with van der Waals surface area (Å²) >= 11 is 0. The number of ether oxygens (including phenoxy) is 1. The van der Waals surface area contributed by atoms with Crippen LogP contribution in [0.5, 0.6) is 5.75 Å². The van der Waals surface area contributed by atoms with Crippen LogP contribution < -0.4 is 4.74 Å². The average Bonchev–Trinajstić information content (AvgIpc) is 3.70. The average molecular weight is 1020 g/mol. The molecule has 0 aliphatic heterocycles. The summed E-state index contributed by atoms with van der Waals surface area (Å²) < 4.78 is 5.70. The second-order valence-corrected chi connectivity index (χ2v) is 20.2. The minimum Gasteiger partial charge on any atom is -0.497 e. The van der Waals surface area contributed by atoms with Crippen LogP contribution in [0.4, 0.5) is 0 Å². The molecule has 13 rings (SSSR count). The summed E-state index contributed by atoms with van der Waals surface area (Å²) in [6.45, 7) is 0. The first kappa shape index (κ1) is 49.2. The van der Waals surface area contributed by atoms with Gasteiger partial charge < -0.3 is 4.74 Å². The Hall–Kier alpha value is -10.3. The minimum atomic E-state index is 0.819. The first-order valence-electron chi connectivity index (χ1n) is 27.4. The second-order valence-electron chi connectivity index (χ2n) is 20.2. The Kier molecular flexibility index (Phi) is 13.7. The van der Waals surface area contributed by atoms with Crippen LogP contribution in [0, 0.1) is 0 Å².